The van der Waals surface area contributed by atoms with Gasteiger partial charge >= 0.3 is 0 Å². The second-order valence-electron chi connectivity index (χ2n) is 5.89. The van der Waals surface area contributed by atoms with Gasteiger partial charge in [0.15, 0.2) is 5.78 Å². The van der Waals surface area contributed by atoms with Gasteiger partial charge in [0.2, 0.25) is 0 Å². The van der Waals surface area contributed by atoms with Crippen molar-refractivity contribution in [2.75, 3.05) is 0 Å². The minimum Gasteiger partial charge on any atom is -0.289 e. The number of fused-ring (bicyclic) bond motifs is 1. The molecule has 0 fully saturated rings. The first-order valence-electron chi connectivity index (χ1n) is 8.12. The predicted molar refractivity (Wildman–Crippen MR) is 107 cm³/mol. The molecule has 25 heavy (non-hydrogen) atoms. The van der Waals surface area contributed by atoms with E-state index in [4.69, 9.17) is 0 Å². The summed E-state index contributed by atoms with van der Waals surface area (Å²) in [6, 6.07) is 27.7. The molecule has 2 heteroatoms. The predicted octanol–water partition coefficient (Wildman–Crippen LogP) is 6.23. The zero-order valence-corrected chi connectivity index (χ0v) is 15.0. The molecule has 1 aliphatic rings. The van der Waals surface area contributed by atoms with Crippen LogP contribution in [0, 0.1) is 0 Å². The van der Waals surface area contributed by atoms with E-state index in [1.807, 2.05) is 60.7 Å². The lowest BCUT2D eigenvalue weighted by Crippen LogP contribution is -1.96. The topological polar surface area (TPSA) is 17.1 Å². The van der Waals surface area contributed by atoms with Crippen LogP contribution in [0.1, 0.15) is 27.0 Å². The van der Waals surface area contributed by atoms with Crippen molar-refractivity contribution in [2.24, 2.45) is 0 Å². The van der Waals surface area contributed by atoms with Gasteiger partial charge in [-0.3, -0.25) is 4.79 Å². The van der Waals surface area contributed by atoms with E-state index in [1.165, 1.54) is 0 Å². The quantitative estimate of drug-likeness (QED) is 0.385. The third-order valence-electron chi connectivity index (χ3n) is 4.34. The molecule has 120 valence electrons. The molecule has 0 unspecified atom stereocenters. The smallest absolute Gasteiger partial charge is 0.186 e. The third-order valence-corrected chi connectivity index (χ3v) is 5.16. The molecule has 0 aromatic heterocycles. The lowest BCUT2D eigenvalue weighted by atomic mass is 9.95. The summed E-state index contributed by atoms with van der Waals surface area (Å²) in [5, 5.41) is 0. The number of hydrogen-bond acceptors (Lipinski definition) is 1. The van der Waals surface area contributed by atoms with E-state index < -0.39 is 0 Å². The fourth-order valence-corrected chi connectivity index (χ4v) is 3.94. The van der Waals surface area contributed by atoms with Crippen molar-refractivity contribution in [2.45, 2.75) is 0 Å². The first-order valence-corrected chi connectivity index (χ1v) is 8.91. The van der Waals surface area contributed by atoms with Gasteiger partial charge in [-0.1, -0.05) is 84.9 Å². The Kier molecular flexibility index (Phi) is 4.21. The van der Waals surface area contributed by atoms with Crippen LogP contribution in [0.5, 0.6) is 0 Å². The molecule has 0 saturated heterocycles. The van der Waals surface area contributed by atoms with Gasteiger partial charge in [0.25, 0.3) is 0 Å². The Bertz CT molecular complexity index is 999. The highest BCUT2D eigenvalue weighted by molar-refractivity contribution is 9.15. The van der Waals surface area contributed by atoms with Crippen molar-refractivity contribution in [3.8, 4) is 0 Å². The van der Waals surface area contributed by atoms with Gasteiger partial charge in [-0.15, -0.1) is 0 Å². The number of hydrogen-bond donors (Lipinski definition) is 0. The summed E-state index contributed by atoms with van der Waals surface area (Å²) in [6.07, 6.45) is 1.75. The Labute approximate surface area is 155 Å². The Morgan fingerprint density at radius 3 is 1.96 bits per heavy atom. The molecule has 4 rings (SSSR count). The third kappa shape index (κ3) is 2.90. The van der Waals surface area contributed by atoms with E-state index in [9.17, 15) is 4.79 Å². The van der Waals surface area contributed by atoms with Crippen LogP contribution in [0.3, 0.4) is 0 Å². The van der Waals surface area contributed by atoms with Crippen LogP contribution in [0.4, 0.5) is 0 Å². The molecular formula is C23H15BrO. The molecule has 0 N–H and O–H groups in total. The Balaban J connectivity index is 1.89. The summed E-state index contributed by atoms with van der Waals surface area (Å²) < 4.78 is 1.03. The van der Waals surface area contributed by atoms with Gasteiger partial charge in [-0.2, -0.15) is 0 Å². The van der Waals surface area contributed by atoms with Gasteiger partial charge in [0.1, 0.15) is 0 Å². The zero-order valence-electron chi connectivity index (χ0n) is 13.4. The lowest BCUT2D eigenvalue weighted by Gasteiger charge is -2.08. The average molecular weight is 387 g/mol. The van der Waals surface area contributed by atoms with Crippen LogP contribution in [0.15, 0.2) is 91.0 Å². The van der Waals surface area contributed by atoms with Crippen molar-refractivity contribution in [1.29, 1.82) is 0 Å². The van der Waals surface area contributed by atoms with Crippen LogP contribution in [0.2, 0.25) is 0 Å². The second-order valence-corrected chi connectivity index (χ2v) is 6.68. The van der Waals surface area contributed by atoms with Crippen molar-refractivity contribution >= 4 is 37.3 Å². The van der Waals surface area contributed by atoms with E-state index in [0.29, 0.717) is 5.56 Å². The van der Waals surface area contributed by atoms with E-state index in [2.05, 4.69) is 40.2 Å². The first-order chi connectivity index (χ1) is 12.3. The Hall–Kier alpha value is -2.71. The number of rotatable bonds is 3. The Morgan fingerprint density at radius 1 is 0.720 bits per heavy atom. The highest BCUT2D eigenvalue weighted by atomic mass is 79.9. The van der Waals surface area contributed by atoms with Crippen LogP contribution in [-0.4, -0.2) is 5.78 Å². The van der Waals surface area contributed by atoms with Gasteiger partial charge in [-0.25, -0.2) is 0 Å². The molecule has 0 saturated carbocycles. The van der Waals surface area contributed by atoms with Crippen molar-refractivity contribution in [3.63, 3.8) is 0 Å². The fourth-order valence-electron chi connectivity index (χ4n) is 3.15. The molecule has 0 atom stereocenters. The standard InChI is InChI=1S/C23H15BrO/c24-23-19-14-8-7-13-18(19)20(22(23)17-11-5-2-6-12-17)15-21(25)16-9-3-1-4-10-16/h1-15H/b20-15+. The van der Waals surface area contributed by atoms with Crippen LogP contribution < -0.4 is 0 Å². The maximum Gasteiger partial charge on any atom is 0.186 e. The number of halogens is 1. The second kappa shape index (κ2) is 6.66. The minimum absolute atomic E-state index is 0.0148. The first kappa shape index (κ1) is 15.8. The molecule has 0 bridgehead atoms. The molecular weight excluding hydrogens is 372 g/mol. The zero-order chi connectivity index (χ0) is 17.2. The molecule has 0 spiro atoms. The number of carbonyl (C=O) groups is 1. The van der Waals surface area contributed by atoms with Gasteiger partial charge < -0.3 is 0 Å². The SMILES string of the molecule is O=C(/C=C1/C(c2ccccc2)=C(Br)c2ccccc21)c1ccccc1. The highest BCUT2D eigenvalue weighted by Crippen LogP contribution is 2.48. The lowest BCUT2D eigenvalue weighted by molar-refractivity contribution is 0.104. The summed E-state index contributed by atoms with van der Waals surface area (Å²) in [5.74, 6) is 0.0148. The van der Waals surface area contributed by atoms with E-state index in [-0.39, 0.29) is 5.78 Å². The van der Waals surface area contributed by atoms with Gasteiger partial charge in [0, 0.05) is 15.6 Å². The van der Waals surface area contributed by atoms with Crippen molar-refractivity contribution in [3.05, 3.63) is 113 Å². The van der Waals surface area contributed by atoms with Crippen molar-refractivity contribution < 1.29 is 4.79 Å². The summed E-state index contributed by atoms with van der Waals surface area (Å²) in [4.78, 5) is 12.8. The largest absolute Gasteiger partial charge is 0.289 e. The maximum absolute atomic E-state index is 12.8. The molecule has 0 amide bonds. The van der Waals surface area contributed by atoms with Gasteiger partial charge in [-0.05, 0) is 44.3 Å². The average Bonchev–Trinajstić information content (AvgIpc) is 2.95. The molecule has 0 radical (unpaired) electrons. The number of allylic oxidation sites excluding steroid dienone is 3. The Morgan fingerprint density at radius 2 is 1.28 bits per heavy atom. The number of benzene rings is 3. The summed E-state index contributed by atoms with van der Waals surface area (Å²) in [6.45, 7) is 0. The minimum atomic E-state index is 0.0148. The number of ketones is 1. The van der Waals surface area contributed by atoms with E-state index >= 15 is 0 Å². The maximum atomic E-state index is 12.8. The molecule has 0 aliphatic heterocycles. The molecule has 3 aromatic rings. The van der Waals surface area contributed by atoms with E-state index in [1.54, 1.807) is 6.08 Å². The molecule has 3 aromatic carbocycles. The van der Waals surface area contributed by atoms with Gasteiger partial charge in [0.05, 0.1) is 0 Å². The summed E-state index contributed by atoms with van der Waals surface area (Å²) in [5.41, 5.74) is 6.01. The molecule has 1 aliphatic carbocycles. The molecule has 0 heterocycles. The van der Waals surface area contributed by atoms with Crippen LogP contribution in [-0.2, 0) is 0 Å². The molecule has 1 nitrogen and oxygen atoms in total. The normalized spacial score (nSPS) is 14.7. The highest BCUT2D eigenvalue weighted by Gasteiger charge is 2.26. The summed E-state index contributed by atoms with van der Waals surface area (Å²) in [7, 11) is 0. The van der Waals surface area contributed by atoms with Crippen LogP contribution in [0.25, 0.3) is 15.6 Å². The van der Waals surface area contributed by atoms with E-state index in [0.717, 1.165) is 32.3 Å². The number of carbonyl (C=O) groups excluding carboxylic acids is 1. The fraction of sp³-hybridized carbons (Fsp3) is 0. The summed E-state index contributed by atoms with van der Waals surface area (Å²) >= 11 is 3.75. The van der Waals surface area contributed by atoms with Crippen LogP contribution >= 0.6 is 15.9 Å². The monoisotopic (exact) mass is 386 g/mol. The van der Waals surface area contributed by atoms with Crippen molar-refractivity contribution in [1.82, 2.24) is 0 Å².